The summed E-state index contributed by atoms with van der Waals surface area (Å²) in [5.74, 6) is 0. The molecule has 160 valence electrons. The monoisotopic (exact) mass is 398 g/mol. The Kier molecular flexibility index (Phi) is 8.88. The fraction of sp³-hybridized carbons (Fsp3) is 0.538. The summed E-state index contributed by atoms with van der Waals surface area (Å²) in [5, 5.41) is 0. The summed E-state index contributed by atoms with van der Waals surface area (Å²) in [5.41, 5.74) is 2.39. The molecule has 0 radical (unpaired) electrons. The topological polar surface area (TPSA) is 27.7 Å². The van der Waals surface area contributed by atoms with Gasteiger partial charge < -0.3 is 14.2 Å². The highest BCUT2D eigenvalue weighted by Crippen LogP contribution is 2.36. The quantitative estimate of drug-likeness (QED) is 0.395. The molecule has 3 nitrogen and oxygen atoms in total. The molecule has 2 atom stereocenters. The molecule has 0 aromatic heterocycles. The van der Waals surface area contributed by atoms with Gasteiger partial charge in [0.05, 0.1) is 0 Å². The van der Waals surface area contributed by atoms with Gasteiger partial charge in [-0.3, -0.25) is 0 Å². The highest BCUT2D eigenvalue weighted by atomic mass is 16.8. The van der Waals surface area contributed by atoms with Crippen LogP contribution in [0.3, 0.4) is 0 Å². The lowest BCUT2D eigenvalue weighted by atomic mass is 9.83. The zero-order chi connectivity index (χ0) is 21.3. The lowest BCUT2D eigenvalue weighted by Crippen LogP contribution is -2.43. The van der Waals surface area contributed by atoms with Crippen molar-refractivity contribution in [2.75, 3.05) is 14.2 Å². The van der Waals surface area contributed by atoms with E-state index in [4.69, 9.17) is 14.2 Å². The van der Waals surface area contributed by atoms with Gasteiger partial charge in [0.25, 0.3) is 0 Å². The van der Waals surface area contributed by atoms with E-state index in [1.54, 1.807) is 14.2 Å². The van der Waals surface area contributed by atoms with Gasteiger partial charge in [-0.1, -0.05) is 88.4 Å². The molecule has 2 rings (SSSR count). The van der Waals surface area contributed by atoms with Gasteiger partial charge in [0, 0.05) is 25.0 Å². The van der Waals surface area contributed by atoms with Crippen molar-refractivity contribution >= 4 is 0 Å². The molecular formula is C26H38O3. The molecule has 0 saturated heterocycles. The maximum Gasteiger partial charge on any atom is 0.165 e. The molecule has 0 fully saturated rings. The van der Waals surface area contributed by atoms with E-state index in [0.29, 0.717) is 0 Å². The lowest BCUT2D eigenvalue weighted by Gasteiger charge is -2.40. The Morgan fingerprint density at radius 1 is 0.621 bits per heavy atom. The molecule has 2 aromatic carbocycles. The Hall–Kier alpha value is -1.68. The van der Waals surface area contributed by atoms with E-state index in [1.807, 2.05) is 0 Å². The van der Waals surface area contributed by atoms with Crippen LogP contribution in [0.2, 0.25) is 0 Å². The summed E-state index contributed by atoms with van der Waals surface area (Å²) in [6.45, 7) is 8.81. The first-order chi connectivity index (χ1) is 13.8. The van der Waals surface area contributed by atoms with Gasteiger partial charge in [-0.05, 0) is 36.8 Å². The molecule has 0 aliphatic heterocycles. The smallest absolute Gasteiger partial charge is 0.165 e. The van der Waals surface area contributed by atoms with E-state index in [1.165, 1.54) is 11.1 Å². The van der Waals surface area contributed by atoms with Crippen molar-refractivity contribution in [3.05, 3.63) is 71.8 Å². The van der Waals surface area contributed by atoms with Crippen molar-refractivity contribution in [3.63, 3.8) is 0 Å². The van der Waals surface area contributed by atoms with Crippen molar-refractivity contribution < 1.29 is 14.2 Å². The van der Waals surface area contributed by atoms with Gasteiger partial charge in [-0.25, -0.2) is 0 Å². The van der Waals surface area contributed by atoms with E-state index >= 15 is 0 Å². The number of rotatable bonds is 12. The Morgan fingerprint density at radius 2 is 0.966 bits per heavy atom. The predicted octanol–water partition coefficient (Wildman–Crippen LogP) is 6.27. The normalized spacial score (nSPS) is 14.6. The van der Waals surface area contributed by atoms with Crippen LogP contribution in [0.4, 0.5) is 0 Å². The SMILES string of the molecule is COC(OC(OC)C(C)(C)CCc1ccccc1)C(C)(C)CCc1ccccc1. The van der Waals surface area contributed by atoms with Crippen LogP contribution in [0.1, 0.15) is 51.7 Å². The zero-order valence-corrected chi connectivity index (χ0v) is 19.0. The summed E-state index contributed by atoms with van der Waals surface area (Å²) >= 11 is 0. The third-order valence-electron chi connectivity index (χ3n) is 5.75. The van der Waals surface area contributed by atoms with Crippen LogP contribution in [-0.4, -0.2) is 26.8 Å². The lowest BCUT2D eigenvalue weighted by molar-refractivity contribution is -0.294. The second-order valence-corrected chi connectivity index (χ2v) is 9.22. The van der Waals surface area contributed by atoms with Crippen LogP contribution in [-0.2, 0) is 27.1 Å². The molecule has 0 spiro atoms. The summed E-state index contributed by atoms with van der Waals surface area (Å²) in [7, 11) is 3.44. The second-order valence-electron chi connectivity index (χ2n) is 9.22. The van der Waals surface area contributed by atoms with Gasteiger partial charge in [0.2, 0.25) is 0 Å². The zero-order valence-electron chi connectivity index (χ0n) is 19.0. The summed E-state index contributed by atoms with van der Waals surface area (Å²) in [4.78, 5) is 0. The maximum atomic E-state index is 6.41. The molecule has 2 aromatic rings. The molecule has 0 bridgehead atoms. The Bertz CT molecular complexity index is 633. The van der Waals surface area contributed by atoms with Crippen LogP contribution in [0.25, 0.3) is 0 Å². The summed E-state index contributed by atoms with van der Waals surface area (Å²) in [6, 6.07) is 21.1. The Balaban J connectivity index is 1.99. The number of ether oxygens (including phenoxy) is 3. The molecular weight excluding hydrogens is 360 g/mol. The minimum atomic E-state index is -0.341. The highest BCUT2D eigenvalue weighted by Gasteiger charge is 2.38. The first-order valence-electron chi connectivity index (χ1n) is 10.6. The molecule has 0 aliphatic rings. The Labute approximate surface area is 177 Å². The van der Waals surface area contributed by atoms with Gasteiger partial charge in [-0.2, -0.15) is 0 Å². The van der Waals surface area contributed by atoms with E-state index < -0.39 is 0 Å². The van der Waals surface area contributed by atoms with Gasteiger partial charge in [0.1, 0.15) is 0 Å². The highest BCUT2D eigenvalue weighted by molar-refractivity contribution is 5.15. The van der Waals surface area contributed by atoms with Crippen LogP contribution in [0.15, 0.2) is 60.7 Å². The van der Waals surface area contributed by atoms with E-state index in [-0.39, 0.29) is 23.4 Å². The number of hydrogen-bond donors (Lipinski definition) is 0. The molecule has 3 heteroatoms. The standard InChI is InChI=1S/C26H38O3/c1-25(2,19-17-21-13-9-7-10-14-21)23(27-5)29-24(28-6)26(3,4)20-18-22-15-11-8-12-16-22/h7-16,23-24H,17-20H2,1-6H3. The van der Waals surface area contributed by atoms with Crippen LogP contribution >= 0.6 is 0 Å². The van der Waals surface area contributed by atoms with Crippen molar-refractivity contribution in [1.29, 1.82) is 0 Å². The van der Waals surface area contributed by atoms with E-state index in [0.717, 1.165) is 25.7 Å². The summed E-state index contributed by atoms with van der Waals surface area (Å²) in [6.07, 6.45) is 3.24. The van der Waals surface area contributed by atoms with Crippen LogP contribution in [0.5, 0.6) is 0 Å². The van der Waals surface area contributed by atoms with E-state index in [2.05, 4.69) is 88.4 Å². The van der Waals surface area contributed by atoms with Crippen LogP contribution in [0, 0.1) is 10.8 Å². The number of hydrogen-bond acceptors (Lipinski definition) is 3. The molecule has 0 saturated carbocycles. The van der Waals surface area contributed by atoms with Gasteiger partial charge >= 0.3 is 0 Å². The molecule has 0 heterocycles. The minimum Gasteiger partial charge on any atom is -0.355 e. The average molecular weight is 399 g/mol. The first-order valence-corrected chi connectivity index (χ1v) is 10.6. The first kappa shape index (κ1) is 23.6. The third kappa shape index (κ3) is 7.26. The Morgan fingerprint density at radius 3 is 1.28 bits per heavy atom. The maximum absolute atomic E-state index is 6.41. The summed E-state index contributed by atoms with van der Waals surface area (Å²) < 4.78 is 18.0. The van der Waals surface area contributed by atoms with Crippen molar-refractivity contribution in [1.82, 2.24) is 0 Å². The predicted molar refractivity (Wildman–Crippen MR) is 120 cm³/mol. The van der Waals surface area contributed by atoms with Crippen LogP contribution < -0.4 is 0 Å². The molecule has 2 unspecified atom stereocenters. The van der Waals surface area contributed by atoms with Crippen molar-refractivity contribution in [2.45, 2.75) is 66.0 Å². The largest absolute Gasteiger partial charge is 0.355 e. The number of benzene rings is 2. The molecule has 0 N–H and O–H groups in total. The fourth-order valence-electron chi connectivity index (χ4n) is 3.69. The number of aryl methyl sites for hydroxylation is 2. The second kappa shape index (κ2) is 10.9. The molecule has 29 heavy (non-hydrogen) atoms. The molecule has 0 amide bonds. The average Bonchev–Trinajstić information content (AvgIpc) is 2.73. The van der Waals surface area contributed by atoms with Gasteiger partial charge in [0.15, 0.2) is 12.6 Å². The fourth-order valence-corrected chi connectivity index (χ4v) is 3.69. The molecule has 0 aliphatic carbocycles. The number of methoxy groups -OCH3 is 2. The van der Waals surface area contributed by atoms with Crippen molar-refractivity contribution in [3.8, 4) is 0 Å². The van der Waals surface area contributed by atoms with E-state index in [9.17, 15) is 0 Å². The van der Waals surface area contributed by atoms with Gasteiger partial charge in [-0.15, -0.1) is 0 Å². The minimum absolute atomic E-state index is 0.142. The van der Waals surface area contributed by atoms with Crippen molar-refractivity contribution in [2.24, 2.45) is 10.8 Å². The third-order valence-corrected chi connectivity index (χ3v) is 5.75.